The van der Waals surface area contributed by atoms with Crippen molar-refractivity contribution < 1.29 is 4.74 Å². The molecule has 1 heterocycles. The average Bonchev–Trinajstić information content (AvgIpc) is 2.19. The first-order valence-corrected chi connectivity index (χ1v) is 4.00. The van der Waals surface area contributed by atoms with Crippen LogP contribution in [0.25, 0.3) is 0 Å². The van der Waals surface area contributed by atoms with Crippen molar-refractivity contribution in [2.24, 2.45) is 0 Å². The van der Waals surface area contributed by atoms with Crippen molar-refractivity contribution in [2.75, 3.05) is 20.7 Å². The van der Waals surface area contributed by atoms with E-state index >= 15 is 0 Å². The molecule has 0 aliphatic heterocycles. The predicted octanol–water partition coefficient (Wildman–Crippen LogP) is 0.661. The Hall–Kier alpha value is -1.53. The van der Waals surface area contributed by atoms with Crippen molar-refractivity contribution in [3.63, 3.8) is 0 Å². The van der Waals surface area contributed by atoms with Gasteiger partial charge in [-0.3, -0.25) is 0 Å². The zero-order valence-corrected chi connectivity index (χ0v) is 7.79. The van der Waals surface area contributed by atoms with Crippen molar-refractivity contribution in [1.82, 2.24) is 10.3 Å². The molecule has 0 spiro atoms. The molecular weight excluding hydrogens is 164 g/mol. The lowest BCUT2D eigenvalue weighted by Crippen LogP contribution is -2.04. The van der Waals surface area contributed by atoms with Crippen LogP contribution < -0.4 is 10.1 Å². The molecule has 68 valence electrons. The Morgan fingerprint density at radius 3 is 2.92 bits per heavy atom. The number of ether oxygens (including phenoxy) is 1. The van der Waals surface area contributed by atoms with Gasteiger partial charge in [0.25, 0.3) is 0 Å². The first kappa shape index (κ1) is 9.56. The molecule has 1 N–H and O–H groups in total. The van der Waals surface area contributed by atoms with Gasteiger partial charge in [-0.1, -0.05) is 5.92 Å². The molecule has 0 bridgehead atoms. The van der Waals surface area contributed by atoms with Crippen LogP contribution in [0.5, 0.6) is 5.75 Å². The third-order valence-electron chi connectivity index (χ3n) is 1.45. The monoisotopic (exact) mass is 176 g/mol. The summed E-state index contributed by atoms with van der Waals surface area (Å²) < 4.78 is 4.97. The fourth-order valence-corrected chi connectivity index (χ4v) is 0.798. The zero-order chi connectivity index (χ0) is 9.52. The highest BCUT2D eigenvalue weighted by Gasteiger charge is 1.90. The molecule has 1 rings (SSSR count). The van der Waals surface area contributed by atoms with Crippen molar-refractivity contribution in [3.05, 3.63) is 24.0 Å². The number of nitrogens with one attached hydrogen (secondary N) is 1. The van der Waals surface area contributed by atoms with Gasteiger partial charge >= 0.3 is 0 Å². The number of nitrogens with zero attached hydrogens (tertiary/aromatic N) is 1. The van der Waals surface area contributed by atoms with Crippen molar-refractivity contribution in [1.29, 1.82) is 0 Å². The summed E-state index contributed by atoms with van der Waals surface area (Å²) in [6.45, 7) is 0.674. The average molecular weight is 176 g/mol. The summed E-state index contributed by atoms with van der Waals surface area (Å²) in [4.78, 5) is 4.09. The van der Waals surface area contributed by atoms with Crippen molar-refractivity contribution in [2.45, 2.75) is 0 Å². The van der Waals surface area contributed by atoms with Crippen LogP contribution in [0.4, 0.5) is 0 Å². The molecule has 0 aliphatic carbocycles. The highest BCUT2D eigenvalue weighted by atomic mass is 16.5. The summed E-state index contributed by atoms with van der Waals surface area (Å²) in [5, 5.41) is 2.93. The molecule has 0 atom stereocenters. The van der Waals surface area contributed by atoms with E-state index in [1.54, 1.807) is 13.3 Å². The SMILES string of the molecule is CNCC#Cc1ccc(OC)cn1. The number of methoxy groups -OCH3 is 1. The van der Waals surface area contributed by atoms with Gasteiger partial charge in [-0.2, -0.15) is 0 Å². The highest BCUT2D eigenvalue weighted by Crippen LogP contribution is 2.06. The molecule has 0 aliphatic rings. The molecule has 0 unspecified atom stereocenters. The van der Waals surface area contributed by atoms with Gasteiger partial charge in [-0.05, 0) is 25.1 Å². The van der Waals surface area contributed by atoms with Crippen LogP contribution in [0.2, 0.25) is 0 Å². The maximum absolute atomic E-state index is 4.97. The van der Waals surface area contributed by atoms with E-state index < -0.39 is 0 Å². The minimum atomic E-state index is 0.674. The molecule has 3 heteroatoms. The number of hydrogen-bond donors (Lipinski definition) is 1. The van der Waals surface area contributed by atoms with Gasteiger partial charge in [0.2, 0.25) is 0 Å². The summed E-state index contributed by atoms with van der Waals surface area (Å²) >= 11 is 0. The van der Waals surface area contributed by atoms with E-state index in [2.05, 4.69) is 22.1 Å². The number of rotatable bonds is 2. The lowest BCUT2D eigenvalue weighted by Gasteiger charge is -1.96. The topological polar surface area (TPSA) is 34.1 Å². The first-order chi connectivity index (χ1) is 6.36. The predicted molar refractivity (Wildman–Crippen MR) is 51.6 cm³/mol. The third kappa shape index (κ3) is 3.14. The standard InChI is InChI=1S/C10H12N2O/c1-11-7-3-4-9-5-6-10(13-2)8-12-9/h5-6,8,11H,7H2,1-2H3. The van der Waals surface area contributed by atoms with Crippen LogP contribution in [-0.2, 0) is 0 Å². The number of hydrogen-bond acceptors (Lipinski definition) is 3. The second kappa shape index (κ2) is 5.18. The summed E-state index contributed by atoms with van der Waals surface area (Å²) in [6, 6.07) is 3.68. The van der Waals surface area contributed by atoms with Gasteiger partial charge in [0, 0.05) is 0 Å². The van der Waals surface area contributed by atoms with Gasteiger partial charge in [0.1, 0.15) is 11.4 Å². The Kier molecular flexibility index (Phi) is 3.80. The second-order valence-corrected chi connectivity index (χ2v) is 2.42. The molecule has 1 aromatic heterocycles. The van der Waals surface area contributed by atoms with Crippen molar-refractivity contribution >= 4 is 0 Å². The van der Waals surface area contributed by atoms with E-state index in [1.165, 1.54) is 0 Å². The van der Waals surface area contributed by atoms with Crippen LogP contribution in [0, 0.1) is 11.8 Å². The smallest absolute Gasteiger partial charge is 0.137 e. The quantitative estimate of drug-likeness (QED) is 0.672. The fraction of sp³-hybridized carbons (Fsp3) is 0.300. The number of aromatic nitrogens is 1. The lowest BCUT2D eigenvalue weighted by molar-refractivity contribution is 0.413. The molecule has 0 fully saturated rings. The Morgan fingerprint density at radius 1 is 1.54 bits per heavy atom. The molecule has 3 nitrogen and oxygen atoms in total. The second-order valence-electron chi connectivity index (χ2n) is 2.42. The summed E-state index contributed by atoms with van der Waals surface area (Å²) in [5.74, 6) is 6.59. The Balaban J connectivity index is 2.65. The van der Waals surface area contributed by atoms with Crippen LogP contribution in [0.1, 0.15) is 5.69 Å². The highest BCUT2D eigenvalue weighted by molar-refractivity contribution is 5.31. The van der Waals surface area contributed by atoms with E-state index in [4.69, 9.17) is 4.74 Å². The van der Waals surface area contributed by atoms with Gasteiger partial charge in [0.15, 0.2) is 0 Å². The molecule has 13 heavy (non-hydrogen) atoms. The van der Waals surface area contributed by atoms with Gasteiger partial charge in [-0.25, -0.2) is 4.98 Å². The largest absolute Gasteiger partial charge is 0.495 e. The van der Waals surface area contributed by atoms with Crippen molar-refractivity contribution in [3.8, 4) is 17.6 Å². The maximum atomic E-state index is 4.97. The zero-order valence-electron chi connectivity index (χ0n) is 7.79. The normalized spacial score (nSPS) is 8.77. The molecule has 1 aromatic rings. The minimum absolute atomic E-state index is 0.674. The lowest BCUT2D eigenvalue weighted by atomic mass is 10.3. The van der Waals surface area contributed by atoms with Crippen LogP contribution >= 0.6 is 0 Å². The molecular formula is C10H12N2O. The molecule has 0 saturated heterocycles. The molecule has 0 amide bonds. The van der Waals surface area contributed by atoms with Gasteiger partial charge in [-0.15, -0.1) is 0 Å². The van der Waals surface area contributed by atoms with Gasteiger partial charge < -0.3 is 10.1 Å². The Bertz CT molecular complexity index is 308. The maximum Gasteiger partial charge on any atom is 0.137 e. The number of pyridine rings is 1. The van der Waals surface area contributed by atoms with E-state index in [0.717, 1.165) is 11.4 Å². The van der Waals surface area contributed by atoms with E-state index in [1.807, 2.05) is 19.2 Å². The van der Waals surface area contributed by atoms with Crippen LogP contribution in [-0.4, -0.2) is 25.7 Å². The van der Waals surface area contributed by atoms with E-state index in [0.29, 0.717) is 6.54 Å². The van der Waals surface area contributed by atoms with Gasteiger partial charge in [0.05, 0.1) is 19.9 Å². The third-order valence-corrected chi connectivity index (χ3v) is 1.45. The van der Waals surface area contributed by atoms with E-state index in [-0.39, 0.29) is 0 Å². The Labute approximate surface area is 78.1 Å². The minimum Gasteiger partial charge on any atom is -0.495 e. The Morgan fingerprint density at radius 2 is 2.38 bits per heavy atom. The van der Waals surface area contributed by atoms with E-state index in [9.17, 15) is 0 Å². The molecule has 0 aromatic carbocycles. The summed E-state index contributed by atoms with van der Waals surface area (Å²) in [6.07, 6.45) is 1.66. The first-order valence-electron chi connectivity index (χ1n) is 4.00. The summed E-state index contributed by atoms with van der Waals surface area (Å²) in [7, 11) is 3.47. The molecule has 0 saturated carbocycles. The molecule has 0 radical (unpaired) electrons. The summed E-state index contributed by atoms with van der Waals surface area (Å²) in [5.41, 5.74) is 0.760. The fourth-order valence-electron chi connectivity index (χ4n) is 0.798. The van der Waals surface area contributed by atoms with Crippen LogP contribution in [0.3, 0.4) is 0 Å². The van der Waals surface area contributed by atoms with Crippen LogP contribution in [0.15, 0.2) is 18.3 Å².